The van der Waals surface area contributed by atoms with Gasteiger partial charge in [0.1, 0.15) is 22.8 Å². The summed E-state index contributed by atoms with van der Waals surface area (Å²) in [5.41, 5.74) is 4.85. The molecule has 0 bridgehead atoms. The normalized spacial score (nSPS) is 22.1. The van der Waals surface area contributed by atoms with Gasteiger partial charge in [-0.3, -0.25) is 0 Å². The van der Waals surface area contributed by atoms with Gasteiger partial charge in [0.05, 0.1) is 5.39 Å². The maximum Gasteiger partial charge on any atom is 0.145 e. The van der Waals surface area contributed by atoms with E-state index in [1.165, 1.54) is 49.8 Å². The molecule has 4 heterocycles. The monoisotopic (exact) mass is 405 g/mol. The van der Waals surface area contributed by atoms with Gasteiger partial charge in [0.25, 0.3) is 0 Å². The number of aromatic nitrogens is 5. The Balaban J connectivity index is 1.13. The predicted octanol–water partition coefficient (Wildman–Crippen LogP) is 5.58. The van der Waals surface area contributed by atoms with Gasteiger partial charge in [0, 0.05) is 36.2 Å². The zero-order chi connectivity index (χ0) is 19.4. The van der Waals surface area contributed by atoms with Gasteiger partial charge < -0.3 is 8.97 Å². The summed E-state index contributed by atoms with van der Waals surface area (Å²) in [6, 6.07) is 7.11. The quantitative estimate of drug-likeness (QED) is 0.407. The number of nitrogens with zero attached hydrogens (tertiary/aromatic N) is 5. The molecular formula is C23H24ClN5. The molecular weight excluding hydrogens is 382 g/mol. The van der Waals surface area contributed by atoms with Crippen molar-refractivity contribution in [2.24, 2.45) is 5.92 Å². The Labute approximate surface area is 174 Å². The Morgan fingerprint density at radius 2 is 1.97 bits per heavy atom. The second-order valence-electron chi connectivity index (χ2n) is 8.72. The molecule has 0 aliphatic heterocycles. The maximum atomic E-state index is 6.22. The summed E-state index contributed by atoms with van der Waals surface area (Å²) in [6.45, 7) is 0. The van der Waals surface area contributed by atoms with Crippen LogP contribution in [-0.2, 0) is 6.42 Å². The predicted molar refractivity (Wildman–Crippen MR) is 114 cm³/mol. The highest BCUT2D eigenvalue weighted by molar-refractivity contribution is 6.33. The van der Waals surface area contributed by atoms with Crippen LogP contribution in [0.1, 0.15) is 61.7 Å². The number of pyridine rings is 1. The molecule has 0 radical (unpaired) electrons. The third kappa shape index (κ3) is 3.12. The smallest absolute Gasteiger partial charge is 0.145 e. The zero-order valence-corrected chi connectivity index (χ0v) is 17.1. The molecule has 5 nitrogen and oxygen atoms in total. The molecule has 2 saturated carbocycles. The van der Waals surface area contributed by atoms with Crippen molar-refractivity contribution in [2.45, 2.75) is 56.9 Å². The summed E-state index contributed by atoms with van der Waals surface area (Å²) in [6.07, 6.45) is 16.7. The van der Waals surface area contributed by atoms with Crippen LogP contribution in [0.2, 0.25) is 5.15 Å². The fourth-order valence-corrected chi connectivity index (χ4v) is 5.24. The van der Waals surface area contributed by atoms with E-state index >= 15 is 0 Å². The fraction of sp³-hybridized carbons (Fsp3) is 0.435. The van der Waals surface area contributed by atoms with E-state index in [4.69, 9.17) is 11.6 Å². The Kier molecular flexibility index (Phi) is 4.12. The van der Waals surface area contributed by atoms with E-state index in [2.05, 4.69) is 54.6 Å². The minimum Gasteiger partial charge on any atom is -0.329 e. The first-order valence-corrected chi connectivity index (χ1v) is 11.1. The van der Waals surface area contributed by atoms with Crippen molar-refractivity contribution in [2.75, 3.05) is 0 Å². The number of imidazole rings is 1. The lowest BCUT2D eigenvalue weighted by Crippen LogP contribution is -2.06. The lowest BCUT2D eigenvalue weighted by Gasteiger charge is -2.14. The Morgan fingerprint density at radius 1 is 1.03 bits per heavy atom. The van der Waals surface area contributed by atoms with E-state index in [0.29, 0.717) is 11.2 Å². The zero-order valence-electron chi connectivity index (χ0n) is 16.3. The van der Waals surface area contributed by atoms with Gasteiger partial charge >= 0.3 is 0 Å². The van der Waals surface area contributed by atoms with Gasteiger partial charge in [-0.05, 0) is 74.6 Å². The molecule has 0 N–H and O–H groups in total. The molecule has 6 rings (SSSR count). The second kappa shape index (κ2) is 6.84. The fourth-order valence-electron chi connectivity index (χ4n) is 5.05. The lowest BCUT2D eigenvalue weighted by atomic mass is 9.98. The van der Waals surface area contributed by atoms with Crippen molar-refractivity contribution in [3.63, 3.8) is 0 Å². The molecule has 4 aromatic rings. The van der Waals surface area contributed by atoms with Gasteiger partial charge in [0.2, 0.25) is 0 Å². The van der Waals surface area contributed by atoms with Crippen molar-refractivity contribution in [3.05, 3.63) is 59.5 Å². The van der Waals surface area contributed by atoms with Crippen LogP contribution in [-0.4, -0.2) is 23.9 Å². The molecule has 0 spiro atoms. The first-order chi connectivity index (χ1) is 14.3. The standard InChI is InChI=1S/C23H24ClN5/c24-22-19-8-10-28(23(19)27-14-26-22)18-6-3-15(11-18)1-2-16-7-9-29-20(17-4-5-17)13-25-21(29)12-16/h7-10,12-15,17-18H,1-6,11H2. The highest BCUT2D eigenvalue weighted by Crippen LogP contribution is 2.41. The molecule has 29 heavy (non-hydrogen) atoms. The molecule has 2 aliphatic carbocycles. The molecule has 0 aromatic carbocycles. The van der Waals surface area contributed by atoms with Gasteiger partial charge in [-0.2, -0.15) is 0 Å². The number of hydrogen-bond donors (Lipinski definition) is 0. The van der Waals surface area contributed by atoms with Gasteiger partial charge in [-0.15, -0.1) is 0 Å². The number of halogens is 1. The van der Waals surface area contributed by atoms with E-state index < -0.39 is 0 Å². The van der Waals surface area contributed by atoms with Crippen LogP contribution < -0.4 is 0 Å². The summed E-state index contributed by atoms with van der Waals surface area (Å²) in [7, 11) is 0. The minimum absolute atomic E-state index is 0.513. The molecule has 2 atom stereocenters. The van der Waals surface area contributed by atoms with Gasteiger partial charge in [0.15, 0.2) is 0 Å². The van der Waals surface area contributed by atoms with Crippen LogP contribution in [0, 0.1) is 5.92 Å². The minimum atomic E-state index is 0.513. The average Bonchev–Trinajstić information content (AvgIpc) is 3.15. The van der Waals surface area contributed by atoms with Crippen LogP contribution in [0.25, 0.3) is 16.7 Å². The first-order valence-electron chi connectivity index (χ1n) is 10.7. The third-order valence-corrected chi connectivity index (χ3v) is 7.11. The van der Waals surface area contributed by atoms with Crippen LogP contribution >= 0.6 is 11.6 Å². The number of rotatable bonds is 5. The van der Waals surface area contributed by atoms with Crippen molar-refractivity contribution in [1.29, 1.82) is 0 Å². The first kappa shape index (κ1) is 17.5. The summed E-state index contributed by atoms with van der Waals surface area (Å²) in [5, 5.41) is 1.50. The van der Waals surface area contributed by atoms with Crippen molar-refractivity contribution in [3.8, 4) is 0 Å². The number of aryl methyl sites for hydroxylation is 1. The van der Waals surface area contributed by atoms with Crippen LogP contribution in [0.5, 0.6) is 0 Å². The van der Waals surface area contributed by atoms with E-state index in [9.17, 15) is 0 Å². The highest BCUT2D eigenvalue weighted by atomic mass is 35.5. The largest absolute Gasteiger partial charge is 0.329 e. The van der Waals surface area contributed by atoms with E-state index in [-0.39, 0.29) is 0 Å². The molecule has 0 amide bonds. The Hall–Kier alpha value is -2.40. The van der Waals surface area contributed by atoms with Crippen LogP contribution in [0.4, 0.5) is 0 Å². The molecule has 148 valence electrons. The summed E-state index contributed by atoms with van der Waals surface area (Å²) in [5.74, 6) is 1.49. The van der Waals surface area contributed by atoms with Crippen molar-refractivity contribution >= 4 is 28.3 Å². The van der Waals surface area contributed by atoms with Gasteiger partial charge in [-0.1, -0.05) is 11.6 Å². The molecule has 2 aliphatic rings. The van der Waals surface area contributed by atoms with Crippen LogP contribution in [0.15, 0.2) is 43.1 Å². The molecule has 6 heteroatoms. The topological polar surface area (TPSA) is 48.0 Å². The van der Waals surface area contributed by atoms with E-state index in [0.717, 1.165) is 34.9 Å². The summed E-state index contributed by atoms with van der Waals surface area (Å²) >= 11 is 6.22. The number of fused-ring (bicyclic) bond motifs is 2. The van der Waals surface area contributed by atoms with Crippen molar-refractivity contribution in [1.82, 2.24) is 23.9 Å². The van der Waals surface area contributed by atoms with E-state index in [1.54, 1.807) is 6.33 Å². The second-order valence-corrected chi connectivity index (χ2v) is 9.07. The molecule has 2 unspecified atom stereocenters. The summed E-state index contributed by atoms with van der Waals surface area (Å²) in [4.78, 5) is 13.2. The lowest BCUT2D eigenvalue weighted by molar-refractivity contribution is 0.461. The number of hydrogen-bond acceptors (Lipinski definition) is 3. The van der Waals surface area contributed by atoms with Crippen LogP contribution in [0.3, 0.4) is 0 Å². The Bertz CT molecular complexity index is 1190. The van der Waals surface area contributed by atoms with Gasteiger partial charge in [-0.25, -0.2) is 15.0 Å². The third-order valence-electron chi connectivity index (χ3n) is 6.81. The molecule has 4 aromatic heterocycles. The highest BCUT2D eigenvalue weighted by Gasteiger charge is 2.28. The molecule has 0 saturated heterocycles. The van der Waals surface area contributed by atoms with E-state index in [1.807, 2.05) is 6.07 Å². The van der Waals surface area contributed by atoms with Crippen molar-refractivity contribution < 1.29 is 0 Å². The Morgan fingerprint density at radius 3 is 2.86 bits per heavy atom. The summed E-state index contributed by atoms with van der Waals surface area (Å²) < 4.78 is 4.58. The SMILES string of the molecule is Clc1ncnc2c1ccn2C1CCC(CCc2ccn3c(C4CC4)cnc3c2)C1. The molecule has 2 fully saturated rings. The maximum absolute atomic E-state index is 6.22. The average molecular weight is 406 g/mol.